The fraction of sp³-hybridized carbons (Fsp3) is 0.516. The Labute approximate surface area is 248 Å². The van der Waals surface area contributed by atoms with E-state index in [-0.39, 0.29) is 24.0 Å². The molecule has 3 aliphatic heterocycles. The van der Waals surface area contributed by atoms with Crippen LogP contribution in [0, 0.1) is 11.7 Å². The molecule has 9 nitrogen and oxygen atoms in total. The smallest absolute Gasteiger partial charge is 0.278 e. The third-order valence-corrected chi connectivity index (χ3v) is 8.99. The summed E-state index contributed by atoms with van der Waals surface area (Å²) in [5, 5.41) is 20.7. The lowest BCUT2D eigenvalue weighted by Crippen LogP contribution is -2.39. The molecule has 0 spiro atoms. The number of benzene rings is 1. The van der Waals surface area contributed by atoms with Gasteiger partial charge in [-0.1, -0.05) is 36.3 Å². The highest BCUT2D eigenvalue weighted by Crippen LogP contribution is 2.44. The van der Waals surface area contributed by atoms with E-state index in [1.54, 1.807) is 18.5 Å². The standard InChI is InChI=1S/C31H37F3N8O/c1-20-24-9-7-10-26(28(24)32)31(33,34)22-11-14-41(15-12-22)18-23-19-42(39-37-23)13-6-4-3-5-8-21-16-25-27(40(2)30(21)43)17-35-38-29(25)36-20/h7,9-10,16-17,19-20,22H,3-6,8,11-15,18H2,1-2H3,(H,36,38)/t20-/m1/s1. The van der Waals surface area contributed by atoms with E-state index in [2.05, 4.69) is 30.7 Å². The molecule has 0 radical (unpaired) electrons. The van der Waals surface area contributed by atoms with E-state index in [1.807, 2.05) is 16.9 Å². The number of pyridine rings is 1. The van der Waals surface area contributed by atoms with Crippen molar-refractivity contribution in [2.24, 2.45) is 13.0 Å². The number of halogens is 3. The molecular formula is C31H37F3N8O. The summed E-state index contributed by atoms with van der Waals surface area (Å²) in [6.07, 6.45) is 8.31. The Morgan fingerprint density at radius 2 is 1.84 bits per heavy atom. The summed E-state index contributed by atoms with van der Waals surface area (Å²) in [5.41, 5.74) is 1.50. The molecule has 0 unspecified atom stereocenters. The number of hydrogen-bond acceptors (Lipinski definition) is 7. The van der Waals surface area contributed by atoms with Crippen LogP contribution in [0.15, 0.2) is 41.5 Å². The second-order valence-electron chi connectivity index (χ2n) is 11.9. The van der Waals surface area contributed by atoms with Gasteiger partial charge in [0.25, 0.3) is 11.5 Å². The minimum atomic E-state index is -3.32. The van der Waals surface area contributed by atoms with Gasteiger partial charge in [0.1, 0.15) is 5.82 Å². The summed E-state index contributed by atoms with van der Waals surface area (Å²) in [4.78, 5) is 15.2. The molecule has 43 heavy (non-hydrogen) atoms. The molecule has 6 heterocycles. The first-order valence-electron chi connectivity index (χ1n) is 15.1. The molecule has 1 N–H and O–H groups in total. The summed E-state index contributed by atoms with van der Waals surface area (Å²) in [6, 6.07) is 5.34. The maximum absolute atomic E-state index is 15.9. The number of rotatable bonds is 0. The Bertz CT molecular complexity index is 1660. The molecule has 1 aromatic carbocycles. The van der Waals surface area contributed by atoms with Crippen LogP contribution in [-0.4, -0.2) is 47.7 Å². The van der Waals surface area contributed by atoms with Gasteiger partial charge >= 0.3 is 0 Å². The first-order valence-corrected chi connectivity index (χ1v) is 15.1. The molecule has 1 atom stereocenters. The predicted octanol–water partition coefficient (Wildman–Crippen LogP) is 5.35. The van der Waals surface area contributed by atoms with E-state index in [9.17, 15) is 4.79 Å². The van der Waals surface area contributed by atoms with E-state index in [1.165, 1.54) is 24.4 Å². The second-order valence-corrected chi connectivity index (χ2v) is 11.9. The molecule has 12 heteroatoms. The van der Waals surface area contributed by atoms with Gasteiger partial charge in [0.2, 0.25) is 0 Å². The van der Waals surface area contributed by atoms with Crippen LogP contribution in [0.3, 0.4) is 0 Å². The molecule has 7 rings (SSSR count). The van der Waals surface area contributed by atoms with Gasteiger partial charge in [0.15, 0.2) is 5.82 Å². The minimum Gasteiger partial charge on any atom is -0.361 e. The van der Waals surface area contributed by atoms with Gasteiger partial charge in [-0.3, -0.25) is 14.4 Å². The van der Waals surface area contributed by atoms with E-state index < -0.39 is 29.3 Å². The Morgan fingerprint density at radius 3 is 2.65 bits per heavy atom. The fourth-order valence-electron chi connectivity index (χ4n) is 6.43. The molecule has 1 saturated heterocycles. The third-order valence-electron chi connectivity index (χ3n) is 8.99. The summed E-state index contributed by atoms with van der Waals surface area (Å²) in [7, 11) is 1.69. The number of aryl methyl sites for hydroxylation is 3. The van der Waals surface area contributed by atoms with Crippen LogP contribution in [0.2, 0.25) is 0 Å². The van der Waals surface area contributed by atoms with Crippen LogP contribution in [0.4, 0.5) is 19.0 Å². The quantitative estimate of drug-likeness (QED) is 0.293. The van der Waals surface area contributed by atoms with Crippen molar-refractivity contribution in [2.45, 2.75) is 76.9 Å². The van der Waals surface area contributed by atoms with Gasteiger partial charge in [-0.2, -0.15) is 5.10 Å². The lowest BCUT2D eigenvalue weighted by Gasteiger charge is -2.36. The fourth-order valence-corrected chi connectivity index (χ4v) is 6.43. The Hall–Kier alpha value is -3.80. The molecule has 0 aliphatic carbocycles. The lowest BCUT2D eigenvalue weighted by atomic mass is 9.85. The SMILES string of the molecule is C[C@H]1Nc2nncc3c2cc(c(=O)n3C)CCCCCCn2cc(nn2)CN2CCC(CC2)C(F)(F)c2cccc1c2F. The second kappa shape index (κ2) is 12.1. The number of fused-ring (bicyclic) bond motifs is 8. The van der Waals surface area contributed by atoms with Crippen LogP contribution >= 0.6 is 0 Å². The minimum absolute atomic E-state index is 0.0953. The van der Waals surface area contributed by atoms with Crippen LogP contribution in [0.25, 0.3) is 10.9 Å². The average Bonchev–Trinajstić information content (AvgIpc) is 3.44. The highest BCUT2D eigenvalue weighted by molar-refractivity contribution is 5.89. The van der Waals surface area contributed by atoms with Gasteiger partial charge in [-0.15, -0.1) is 10.2 Å². The number of piperidine rings is 1. The zero-order chi connectivity index (χ0) is 30.1. The van der Waals surface area contributed by atoms with Crippen molar-refractivity contribution in [1.82, 2.24) is 34.7 Å². The lowest BCUT2D eigenvalue weighted by molar-refractivity contribution is -0.0886. The molecule has 8 bridgehead atoms. The molecule has 228 valence electrons. The highest BCUT2D eigenvalue weighted by Gasteiger charge is 2.45. The molecule has 1 fully saturated rings. The van der Waals surface area contributed by atoms with Gasteiger partial charge in [-0.25, -0.2) is 13.2 Å². The topological polar surface area (TPSA) is 93.8 Å². The number of nitrogens with zero attached hydrogens (tertiary/aromatic N) is 7. The Balaban J connectivity index is 1.35. The Morgan fingerprint density at radius 1 is 1.05 bits per heavy atom. The molecule has 3 aromatic heterocycles. The monoisotopic (exact) mass is 594 g/mol. The van der Waals surface area contributed by atoms with Gasteiger partial charge in [-0.05, 0) is 58.2 Å². The maximum atomic E-state index is 15.9. The van der Waals surface area contributed by atoms with E-state index in [0.717, 1.165) is 37.9 Å². The zero-order valence-corrected chi connectivity index (χ0v) is 24.6. The average molecular weight is 595 g/mol. The van der Waals surface area contributed by atoms with Crippen LogP contribution < -0.4 is 10.9 Å². The van der Waals surface area contributed by atoms with Gasteiger partial charge in [0, 0.05) is 48.8 Å². The number of anilines is 1. The number of nitrogens with one attached hydrogen (secondary N) is 1. The normalized spacial score (nSPS) is 23.1. The van der Waals surface area contributed by atoms with Gasteiger partial charge in [0.05, 0.1) is 29.0 Å². The zero-order valence-electron chi connectivity index (χ0n) is 24.6. The van der Waals surface area contributed by atoms with Crippen LogP contribution in [-0.2, 0) is 32.5 Å². The van der Waals surface area contributed by atoms with Crippen LogP contribution in [0.5, 0.6) is 0 Å². The largest absolute Gasteiger partial charge is 0.361 e. The van der Waals surface area contributed by atoms with E-state index >= 15 is 13.2 Å². The molecular weight excluding hydrogens is 557 g/mol. The molecule has 0 amide bonds. The predicted molar refractivity (Wildman–Crippen MR) is 157 cm³/mol. The number of hydrogen-bond donors (Lipinski definition) is 1. The van der Waals surface area contributed by atoms with Crippen molar-refractivity contribution in [3.8, 4) is 0 Å². The van der Waals surface area contributed by atoms with Crippen molar-refractivity contribution in [3.63, 3.8) is 0 Å². The first-order chi connectivity index (χ1) is 20.7. The van der Waals surface area contributed by atoms with E-state index in [0.29, 0.717) is 48.3 Å². The highest BCUT2D eigenvalue weighted by atomic mass is 19.3. The summed E-state index contributed by atoms with van der Waals surface area (Å²) >= 11 is 0. The van der Waals surface area contributed by atoms with Gasteiger partial charge < -0.3 is 9.88 Å². The van der Waals surface area contributed by atoms with Crippen molar-refractivity contribution < 1.29 is 13.2 Å². The van der Waals surface area contributed by atoms with Crippen molar-refractivity contribution in [2.75, 3.05) is 18.4 Å². The molecule has 0 saturated carbocycles. The van der Waals surface area contributed by atoms with Crippen molar-refractivity contribution in [1.29, 1.82) is 0 Å². The van der Waals surface area contributed by atoms with Crippen molar-refractivity contribution in [3.05, 3.63) is 75.2 Å². The summed E-state index contributed by atoms with van der Waals surface area (Å²) in [5.74, 6) is -4.84. The summed E-state index contributed by atoms with van der Waals surface area (Å²) < 4.78 is 51.0. The maximum Gasteiger partial charge on any atom is 0.278 e. The summed E-state index contributed by atoms with van der Waals surface area (Å²) in [6.45, 7) is 3.97. The molecule has 4 aromatic rings. The first kappa shape index (κ1) is 29.3. The number of alkyl halides is 2. The third kappa shape index (κ3) is 5.89. The van der Waals surface area contributed by atoms with Crippen LogP contribution in [0.1, 0.15) is 73.9 Å². The molecule has 3 aliphatic rings. The number of aromatic nitrogens is 6. The Kier molecular flexibility index (Phi) is 8.21. The van der Waals surface area contributed by atoms with E-state index in [4.69, 9.17) is 0 Å². The van der Waals surface area contributed by atoms with Crippen molar-refractivity contribution >= 4 is 16.7 Å².